The first-order valence-electron chi connectivity index (χ1n) is 29.1. The van der Waals surface area contributed by atoms with E-state index in [0.717, 1.165) is 17.7 Å². The smallest absolute Gasteiger partial charge is 0.206 e. The highest BCUT2D eigenvalue weighted by molar-refractivity contribution is 7.91. The summed E-state index contributed by atoms with van der Waals surface area (Å²) in [7, 11) is -2.95. The molecule has 11 aromatic carbocycles. The summed E-state index contributed by atoms with van der Waals surface area (Å²) in [4.78, 5) is -0.494. The zero-order chi connectivity index (χ0) is 70.5. The van der Waals surface area contributed by atoms with Gasteiger partial charge in [0.15, 0.2) is 46.5 Å². The maximum atomic E-state index is 17.0. The molecule has 0 saturated carbocycles. The lowest BCUT2D eigenvalue weighted by Gasteiger charge is -2.27. The summed E-state index contributed by atoms with van der Waals surface area (Å²) >= 11 is 0. The predicted molar refractivity (Wildman–Crippen MR) is 331 cm³/mol. The molecule has 0 heterocycles. The monoisotopic (exact) mass is 1370 g/mol. The molecule has 11 aromatic rings. The maximum Gasteiger partial charge on any atom is 0.206 e. The topological polar surface area (TPSA) is 71.1 Å². The molecule has 0 atom stereocenters. The van der Waals surface area contributed by atoms with Gasteiger partial charge in [0.1, 0.15) is 17.2 Å². The van der Waals surface area contributed by atoms with E-state index < -0.39 is 160 Å². The molecule has 0 aromatic heterocycles. The second-order valence-electron chi connectivity index (χ2n) is 21.5. The van der Waals surface area contributed by atoms with Crippen molar-refractivity contribution >= 4 is 9.84 Å². The molecule has 0 aliphatic heterocycles. The lowest BCUT2D eigenvalue weighted by atomic mass is 9.83. The predicted octanol–water partition coefficient (Wildman–Crippen LogP) is 22.7. The Labute approximate surface area is 544 Å². The van der Waals surface area contributed by atoms with Crippen LogP contribution in [-0.4, -0.2) is 15.5 Å². The van der Waals surface area contributed by atoms with Gasteiger partial charge >= 0.3 is 0 Å². The molecule has 11 rings (SSSR count). The van der Waals surface area contributed by atoms with Crippen molar-refractivity contribution in [3.05, 3.63) is 266 Å². The Balaban J connectivity index is 0.00000506. The van der Waals surface area contributed by atoms with Gasteiger partial charge in [0, 0.05) is 22.3 Å². The molecule has 0 spiro atoms. The minimum absolute atomic E-state index is 0.00984. The molecule has 6 nitrogen and oxygen atoms in total. The molecule has 0 radical (unpaired) electrons. The van der Waals surface area contributed by atoms with E-state index in [0.29, 0.717) is 22.3 Å². The van der Waals surface area contributed by atoms with Crippen molar-refractivity contribution in [1.82, 2.24) is 0 Å². The van der Waals surface area contributed by atoms with Crippen LogP contribution in [0.25, 0.3) is 66.8 Å². The number of methoxy groups -OCH3 is 1. The van der Waals surface area contributed by atoms with Gasteiger partial charge in [-0.1, -0.05) is 135 Å². The number of hydrogen-bond acceptors (Lipinski definition) is 6. The molecule has 0 aliphatic carbocycles. The summed E-state index contributed by atoms with van der Waals surface area (Å²) in [5, 5.41) is 0. The lowest BCUT2D eigenvalue weighted by Crippen LogP contribution is -2.12. The van der Waals surface area contributed by atoms with Gasteiger partial charge < -0.3 is 18.9 Å². The van der Waals surface area contributed by atoms with Gasteiger partial charge in [-0.15, -0.1) is 0 Å². The molecule has 0 bridgehead atoms. The summed E-state index contributed by atoms with van der Waals surface area (Å²) in [6.07, 6.45) is 0. The third kappa shape index (κ3) is 11.9. The van der Waals surface area contributed by atoms with Crippen LogP contribution in [0.4, 0.5) is 70.2 Å². The van der Waals surface area contributed by atoms with E-state index in [-0.39, 0.29) is 60.0 Å². The first kappa shape index (κ1) is 69.3. The van der Waals surface area contributed by atoms with Gasteiger partial charge in [-0.3, -0.25) is 0 Å². The molecule has 498 valence electrons. The van der Waals surface area contributed by atoms with Gasteiger partial charge in [-0.25, -0.2) is 43.5 Å². The minimum atomic E-state index is -4.29. The number of benzene rings is 11. The summed E-state index contributed by atoms with van der Waals surface area (Å²) < 4.78 is 309. The summed E-state index contributed by atoms with van der Waals surface area (Å²) in [6, 6.07) is 37.1. The van der Waals surface area contributed by atoms with Crippen molar-refractivity contribution in [1.29, 1.82) is 0 Å². The van der Waals surface area contributed by atoms with Crippen molar-refractivity contribution in [3.63, 3.8) is 0 Å². The van der Waals surface area contributed by atoms with Crippen LogP contribution in [0.2, 0.25) is 0 Å². The van der Waals surface area contributed by atoms with Crippen molar-refractivity contribution in [2.75, 3.05) is 7.11 Å². The Bertz CT molecular complexity index is 4830. The molecule has 0 unspecified atom stereocenters. The van der Waals surface area contributed by atoms with Gasteiger partial charge in [-0.05, 0) is 109 Å². The standard InChI is InChI=1S/C72H42F16O6S.C2H6/c1-31-27-40(28-32(2)35(31)5)95(89,90)41-29-33(3)66(34(4)30-41)92-69-58(81)50(73)46(51(74)59(69)82)48-54(77)62(85)71(63(86)55(48)78)94-72-64(87)56(79)49(57(80)65(72)88)47-52(75)60(83)70(61(84)53(47)76)93-68-44(38-23-15-9-16-24-38)42(36-19-11-7-12-20-36)67(91-6)43(37-21-13-8-14-22-37)45(68)39-25-17-10-18-26-39;1-2/h7-30H,1-6H3;1-2H3. The second-order valence-corrected chi connectivity index (χ2v) is 23.5. The number of ether oxygens (including phenoxy) is 4. The van der Waals surface area contributed by atoms with Crippen molar-refractivity contribution < 1.29 is 97.6 Å². The molecular weight excluding hydrogens is 1320 g/mol. The maximum absolute atomic E-state index is 17.0. The van der Waals surface area contributed by atoms with Crippen LogP contribution in [0.1, 0.15) is 41.7 Å². The van der Waals surface area contributed by atoms with E-state index in [9.17, 15) is 8.42 Å². The van der Waals surface area contributed by atoms with E-state index in [4.69, 9.17) is 14.2 Å². The van der Waals surface area contributed by atoms with E-state index >= 15 is 70.2 Å². The molecular formula is C74H48F16O6S. The zero-order valence-electron chi connectivity index (χ0n) is 51.8. The first-order chi connectivity index (χ1) is 46.1. The lowest BCUT2D eigenvalue weighted by molar-refractivity contribution is 0.325. The fourth-order valence-electron chi connectivity index (χ4n) is 11.0. The van der Waals surface area contributed by atoms with E-state index in [1.54, 1.807) is 142 Å². The van der Waals surface area contributed by atoms with Gasteiger partial charge in [0.2, 0.25) is 79.4 Å². The number of halogens is 16. The Hall–Kier alpha value is -10.6. The van der Waals surface area contributed by atoms with Crippen LogP contribution >= 0.6 is 0 Å². The van der Waals surface area contributed by atoms with Crippen LogP contribution in [0.3, 0.4) is 0 Å². The van der Waals surface area contributed by atoms with Gasteiger partial charge in [0.25, 0.3) is 0 Å². The van der Waals surface area contributed by atoms with E-state index in [1.165, 1.54) is 33.1 Å². The average Bonchev–Trinajstić information content (AvgIpc) is 0.735. The normalized spacial score (nSPS) is 11.4. The zero-order valence-corrected chi connectivity index (χ0v) is 52.6. The Morgan fingerprint density at radius 1 is 0.258 bits per heavy atom. The van der Waals surface area contributed by atoms with Crippen molar-refractivity contribution in [2.45, 2.75) is 58.3 Å². The second kappa shape index (κ2) is 27.3. The molecule has 0 N–H and O–H groups in total. The van der Waals surface area contributed by atoms with Crippen LogP contribution in [0.5, 0.6) is 40.2 Å². The van der Waals surface area contributed by atoms with Crippen molar-refractivity contribution in [2.24, 2.45) is 0 Å². The molecule has 0 fully saturated rings. The van der Waals surface area contributed by atoms with Crippen molar-refractivity contribution in [3.8, 4) is 107 Å². The Morgan fingerprint density at radius 2 is 0.464 bits per heavy atom. The average molecular weight is 1370 g/mol. The highest BCUT2D eigenvalue weighted by Crippen LogP contribution is 2.58. The van der Waals surface area contributed by atoms with Crippen LogP contribution in [0, 0.1) is 128 Å². The largest absolute Gasteiger partial charge is 0.495 e. The highest BCUT2D eigenvalue weighted by atomic mass is 32.2. The van der Waals surface area contributed by atoms with Gasteiger partial charge in [0.05, 0.1) is 39.2 Å². The number of aryl methyl sites for hydroxylation is 4. The quantitative estimate of drug-likeness (QED) is 0.0752. The minimum Gasteiger partial charge on any atom is -0.495 e. The third-order valence-electron chi connectivity index (χ3n) is 15.8. The van der Waals surface area contributed by atoms with E-state index in [2.05, 4.69) is 4.74 Å². The van der Waals surface area contributed by atoms with Gasteiger partial charge in [-0.2, -0.15) is 35.1 Å². The van der Waals surface area contributed by atoms with E-state index in [1.807, 2.05) is 13.8 Å². The van der Waals surface area contributed by atoms with Crippen LogP contribution < -0.4 is 18.9 Å². The summed E-state index contributed by atoms with van der Waals surface area (Å²) in [6.45, 7) is 11.4. The molecule has 23 heteroatoms. The highest BCUT2D eigenvalue weighted by Gasteiger charge is 2.41. The molecule has 0 amide bonds. The van der Waals surface area contributed by atoms with Crippen LogP contribution in [-0.2, 0) is 9.84 Å². The molecule has 0 aliphatic rings. The Kier molecular flexibility index (Phi) is 19.5. The summed E-state index contributed by atoms with van der Waals surface area (Å²) in [5.41, 5.74) is -6.86. The molecule has 97 heavy (non-hydrogen) atoms. The first-order valence-corrected chi connectivity index (χ1v) is 30.5. The fraction of sp³-hybridized carbons (Fsp3) is 0.108. The Morgan fingerprint density at radius 3 is 0.701 bits per heavy atom. The fourth-order valence-corrected chi connectivity index (χ4v) is 12.6. The number of rotatable bonds is 15. The number of sulfone groups is 1. The third-order valence-corrected chi connectivity index (χ3v) is 17.5. The summed E-state index contributed by atoms with van der Waals surface area (Å²) in [5.74, 6) is -56.2. The van der Waals surface area contributed by atoms with Crippen LogP contribution in [0.15, 0.2) is 155 Å². The SMILES string of the molecule is CC.COc1c(-c2ccccc2)c(-c2ccccc2)c(Oc2c(F)c(F)c(-c3c(F)c(F)c(Oc4c(F)c(F)c(-c5c(F)c(F)c(Oc6c(C)cc(S(=O)(=O)c7cc(C)c(C)c(C)c7)cc6C)c(F)c5F)c(F)c4F)c(F)c3F)c(F)c2F)c(-c2ccccc2)c1-c1ccccc1. The molecule has 0 saturated heterocycles. The number of hydrogen-bond donors (Lipinski definition) is 0.